The van der Waals surface area contributed by atoms with Gasteiger partial charge in [0.25, 0.3) is 5.91 Å². The number of hydrogen-bond acceptors (Lipinski definition) is 4. The van der Waals surface area contributed by atoms with E-state index in [0.717, 1.165) is 18.8 Å². The number of amides is 1. The minimum absolute atomic E-state index is 0.0552. The highest BCUT2D eigenvalue weighted by Crippen LogP contribution is 2.27. The van der Waals surface area contributed by atoms with Gasteiger partial charge in [-0.05, 0) is 74.5 Å². The van der Waals surface area contributed by atoms with E-state index in [9.17, 15) is 4.79 Å². The molecule has 0 radical (unpaired) electrons. The van der Waals surface area contributed by atoms with Crippen molar-refractivity contribution in [3.63, 3.8) is 0 Å². The number of benzene rings is 1. The topological polar surface area (TPSA) is 41.6 Å². The van der Waals surface area contributed by atoms with Gasteiger partial charge in [-0.1, -0.05) is 18.6 Å². The largest absolute Gasteiger partial charge is 0.484 e. The van der Waals surface area contributed by atoms with Crippen LogP contribution in [0.25, 0.3) is 0 Å². The molecule has 140 valence electrons. The lowest BCUT2D eigenvalue weighted by Gasteiger charge is -2.34. The van der Waals surface area contributed by atoms with E-state index in [-0.39, 0.29) is 18.6 Å². The minimum Gasteiger partial charge on any atom is -0.484 e. The third-order valence-electron chi connectivity index (χ3n) is 5.04. The maximum absolute atomic E-state index is 12.3. The molecule has 2 aromatic rings. The zero-order valence-corrected chi connectivity index (χ0v) is 16.5. The van der Waals surface area contributed by atoms with Gasteiger partial charge in [0.05, 0.1) is 6.04 Å². The number of aryl methyl sites for hydroxylation is 2. The summed E-state index contributed by atoms with van der Waals surface area (Å²) in [6.45, 7) is 7.02. The summed E-state index contributed by atoms with van der Waals surface area (Å²) in [4.78, 5) is 16.1. The first kappa shape index (κ1) is 18.9. The number of nitrogens with zero attached hydrogens (tertiary/aromatic N) is 1. The monoisotopic (exact) mass is 372 g/mol. The van der Waals surface area contributed by atoms with E-state index in [1.807, 2.05) is 25.1 Å². The smallest absolute Gasteiger partial charge is 0.258 e. The van der Waals surface area contributed by atoms with Gasteiger partial charge in [0.1, 0.15) is 5.75 Å². The number of carbonyl (C=O) groups excluding carboxylic acids is 1. The molecule has 0 saturated carbocycles. The molecule has 1 unspecified atom stereocenters. The Hall–Kier alpha value is -1.85. The zero-order chi connectivity index (χ0) is 18.4. The summed E-state index contributed by atoms with van der Waals surface area (Å²) in [5.74, 6) is 0.677. The number of piperidine rings is 1. The van der Waals surface area contributed by atoms with Crippen molar-refractivity contribution < 1.29 is 9.53 Å². The Labute approximate surface area is 160 Å². The van der Waals surface area contributed by atoms with Gasteiger partial charge in [-0.25, -0.2) is 0 Å². The number of thiophene rings is 1. The molecule has 1 amide bonds. The van der Waals surface area contributed by atoms with Crippen LogP contribution in [-0.4, -0.2) is 37.0 Å². The molecule has 5 heteroatoms. The molecule has 0 aliphatic carbocycles. The Kier molecular flexibility index (Phi) is 6.69. The fraction of sp³-hybridized carbons (Fsp3) is 0.476. The molecule has 0 spiro atoms. The summed E-state index contributed by atoms with van der Waals surface area (Å²) in [5, 5.41) is 5.17. The molecule has 1 aliphatic heterocycles. The molecular weight excluding hydrogens is 344 g/mol. The minimum atomic E-state index is -0.0678. The summed E-state index contributed by atoms with van der Waals surface area (Å²) in [5.41, 5.74) is 2.40. The average Bonchev–Trinajstić information content (AvgIpc) is 3.18. The Morgan fingerprint density at radius 3 is 2.69 bits per heavy atom. The van der Waals surface area contributed by atoms with Crippen molar-refractivity contribution in [1.82, 2.24) is 10.2 Å². The average molecular weight is 373 g/mol. The molecule has 1 aliphatic rings. The van der Waals surface area contributed by atoms with Gasteiger partial charge in [0.15, 0.2) is 6.61 Å². The van der Waals surface area contributed by atoms with Crippen LogP contribution >= 0.6 is 11.3 Å². The third kappa shape index (κ3) is 5.08. The van der Waals surface area contributed by atoms with Gasteiger partial charge in [0, 0.05) is 11.4 Å². The van der Waals surface area contributed by atoms with Crippen LogP contribution in [0.5, 0.6) is 5.75 Å². The molecule has 2 heterocycles. The van der Waals surface area contributed by atoms with Crippen molar-refractivity contribution in [1.29, 1.82) is 0 Å². The lowest BCUT2D eigenvalue weighted by Crippen LogP contribution is -2.41. The summed E-state index contributed by atoms with van der Waals surface area (Å²) in [7, 11) is 0. The molecule has 1 N–H and O–H groups in total. The lowest BCUT2D eigenvalue weighted by atomic mass is 10.1. The van der Waals surface area contributed by atoms with Crippen LogP contribution in [0.3, 0.4) is 0 Å². The fourth-order valence-corrected chi connectivity index (χ4v) is 4.20. The Balaban J connectivity index is 1.52. The number of rotatable bonds is 7. The van der Waals surface area contributed by atoms with Crippen LogP contribution in [0.15, 0.2) is 35.7 Å². The van der Waals surface area contributed by atoms with Gasteiger partial charge in [-0.2, -0.15) is 0 Å². The van der Waals surface area contributed by atoms with Crippen molar-refractivity contribution in [2.75, 3.05) is 26.2 Å². The molecule has 1 atom stereocenters. The SMILES string of the molecule is Cc1ccc(OCC(=O)NCC(c2cccs2)N2CCCCC2)cc1C. The number of hydrogen-bond donors (Lipinski definition) is 1. The third-order valence-corrected chi connectivity index (χ3v) is 6.02. The lowest BCUT2D eigenvalue weighted by molar-refractivity contribution is -0.123. The molecule has 1 aromatic heterocycles. The van der Waals surface area contributed by atoms with Crippen molar-refractivity contribution >= 4 is 17.2 Å². The van der Waals surface area contributed by atoms with Crippen LogP contribution in [0.1, 0.15) is 41.3 Å². The second-order valence-electron chi connectivity index (χ2n) is 6.97. The summed E-state index contributed by atoms with van der Waals surface area (Å²) < 4.78 is 5.65. The van der Waals surface area contributed by atoms with Crippen molar-refractivity contribution in [3.8, 4) is 5.75 Å². The van der Waals surface area contributed by atoms with Crippen LogP contribution in [0.4, 0.5) is 0 Å². The van der Waals surface area contributed by atoms with Crippen LogP contribution in [0.2, 0.25) is 0 Å². The van der Waals surface area contributed by atoms with Gasteiger partial charge < -0.3 is 10.1 Å². The molecule has 1 aromatic carbocycles. The molecule has 1 fully saturated rings. The molecule has 26 heavy (non-hydrogen) atoms. The van der Waals surface area contributed by atoms with E-state index < -0.39 is 0 Å². The molecular formula is C21H28N2O2S. The van der Waals surface area contributed by atoms with Gasteiger partial charge in [-0.15, -0.1) is 11.3 Å². The first-order chi connectivity index (χ1) is 12.6. The Morgan fingerprint density at radius 1 is 1.19 bits per heavy atom. The first-order valence-corrected chi connectivity index (χ1v) is 10.3. The summed E-state index contributed by atoms with van der Waals surface area (Å²) in [6.07, 6.45) is 3.79. The van der Waals surface area contributed by atoms with Crippen molar-refractivity contribution in [3.05, 3.63) is 51.7 Å². The van der Waals surface area contributed by atoms with E-state index in [1.54, 1.807) is 11.3 Å². The molecule has 0 bridgehead atoms. The normalized spacial score (nSPS) is 16.2. The highest BCUT2D eigenvalue weighted by Gasteiger charge is 2.23. The number of ether oxygens (including phenoxy) is 1. The second kappa shape index (κ2) is 9.19. The number of carbonyl (C=O) groups is 1. The van der Waals surface area contributed by atoms with Gasteiger partial charge in [-0.3, -0.25) is 9.69 Å². The van der Waals surface area contributed by atoms with E-state index in [4.69, 9.17) is 4.74 Å². The van der Waals surface area contributed by atoms with Crippen LogP contribution in [-0.2, 0) is 4.79 Å². The van der Waals surface area contributed by atoms with E-state index in [0.29, 0.717) is 6.54 Å². The standard InChI is InChI=1S/C21H28N2O2S/c1-16-8-9-18(13-17(16)2)25-15-21(24)22-14-19(20-7-6-12-26-20)23-10-4-3-5-11-23/h6-9,12-13,19H,3-5,10-11,14-15H2,1-2H3,(H,22,24). The number of likely N-dealkylation sites (tertiary alicyclic amines) is 1. The number of nitrogens with one attached hydrogen (secondary N) is 1. The van der Waals surface area contributed by atoms with Crippen LogP contribution in [0, 0.1) is 13.8 Å². The van der Waals surface area contributed by atoms with E-state index >= 15 is 0 Å². The maximum atomic E-state index is 12.3. The summed E-state index contributed by atoms with van der Waals surface area (Å²) >= 11 is 1.77. The zero-order valence-electron chi connectivity index (χ0n) is 15.7. The van der Waals surface area contributed by atoms with Crippen molar-refractivity contribution in [2.45, 2.75) is 39.2 Å². The Morgan fingerprint density at radius 2 is 2.00 bits per heavy atom. The van der Waals surface area contributed by atoms with Gasteiger partial charge in [0.2, 0.25) is 0 Å². The molecule has 1 saturated heterocycles. The highest BCUT2D eigenvalue weighted by molar-refractivity contribution is 7.10. The Bertz CT molecular complexity index is 709. The highest BCUT2D eigenvalue weighted by atomic mass is 32.1. The molecule has 3 rings (SSSR count). The fourth-order valence-electron chi connectivity index (χ4n) is 3.33. The van der Waals surface area contributed by atoms with E-state index in [1.165, 1.54) is 35.3 Å². The second-order valence-corrected chi connectivity index (χ2v) is 7.95. The first-order valence-electron chi connectivity index (χ1n) is 9.37. The maximum Gasteiger partial charge on any atom is 0.258 e. The predicted octanol–water partition coefficient (Wildman–Crippen LogP) is 4.09. The van der Waals surface area contributed by atoms with Gasteiger partial charge >= 0.3 is 0 Å². The quantitative estimate of drug-likeness (QED) is 0.796. The predicted molar refractivity (Wildman–Crippen MR) is 107 cm³/mol. The molecule has 4 nitrogen and oxygen atoms in total. The van der Waals surface area contributed by atoms with E-state index in [2.05, 4.69) is 34.7 Å². The van der Waals surface area contributed by atoms with Crippen LogP contribution < -0.4 is 10.1 Å². The summed E-state index contributed by atoms with van der Waals surface area (Å²) in [6, 6.07) is 10.4. The van der Waals surface area contributed by atoms with Crippen molar-refractivity contribution in [2.24, 2.45) is 0 Å².